The predicted molar refractivity (Wildman–Crippen MR) is 83.2 cm³/mol. The van der Waals surface area contributed by atoms with Crippen molar-refractivity contribution in [3.63, 3.8) is 0 Å². The lowest BCUT2D eigenvalue weighted by Gasteiger charge is -2.08. The van der Waals surface area contributed by atoms with Crippen LogP contribution in [-0.4, -0.2) is 18.4 Å². The number of amides is 2. The molecule has 3 N–H and O–H groups in total. The first kappa shape index (κ1) is 15.1. The molecular weight excluding hydrogens is 336 g/mol. The van der Waals surface area contributed by atoms with Gasteiger partial charge < -0.3 is 15.8 Å². The van der Waals surface area contributed by atoms with E-state index in [1.165, 1.54) is 0 Å². The van der Waals surface area contributed by atoms with Gasteiger partial charge >= 0.3 is 0 Å². The molecule has 108 valence electrons. The van der Waals surface area contributed by atoms with Gasteiger partial charge in [0.25, 0.3) is 11.8 Å². The minimum absolute atomic E-state index is 0.225. The second-order valence-corrected chi connectivity index (χ2v) is 5.16. The van der Waals surface area contributed by atoms with E-state index in [1.807, 2.05) is 12.1 Å². The van der Waals surface area contributed by atoms with E-state index in [9.17, 15) is 9.59 Å². The Hall–Kier alpha value is -2.34. The molecule has 2 aromatic carbocycles. The second-order valence-electron chi connectivity index (χ2n) is 4.25. The van der Waals surface area contributed by atoms with Gasteiger partial charge in [-0.05, 0) is 36.4 Å². The Labute approximate surface area is 130 Å². The normalized spacial score (nSPS) is 9.95. The Morgan fingerprint density at radius 2 is 1.90 bits per heavy atom. The Balaban J connectivity index is 2.08. The van der Waals surface area contributed by atoms with E-state index >= 15 is 0 Å². The Morgan fingerprint density at radius 1 is 1.14 bits per heavy atom. The van der Waals surface area contributed by atoms with Crippen molar-refractivity contribution in [2.24, 2.45) is 5.73 Å². The second kappa shape index (κ2) is 6.90. The van der Waals surface area contributed by atoms with E-state index in [-0.39, 0.29) is 12.5 Å². The van der Waals surface area contributed by atoms with E-state index in [0.29, 0.717) is 17.0 Å². The molecule has 0 aliphatic rings. The zero-order valence-corrected chi connectivity index (χ0v) is 12.6. The van der Waals surface area contributed by atoms with Crippen LogP contribution < -0.4 is 15.8 Å². The maximum absolute atomic E-state index is 12.1. The fraction of sp³-hybridized carbons (Fsp3) is 0.0667. The topological polar surface area (TPSA) is 81.4 Å². The van der Waals surface area contributed by atoms with Crippen molar-refractivity contribution in [1.82, 2.24) is 0 Å². The predicted octanol–water partition coefficient (Wildman–Crippen LogP) is 2.57. The zero-order chi connectivity index (χ0) is 15.2. The number of rotatable bonds is 5. The van der Waals surface area contributed by atoms with Crippen LogP contribution >= 0.6 is 15.9 Å². The molecule has 0 aromatic heterocycles. The van der Waals surface area contributed by atoms with Gasteiger partial charge in [0.15, 0.2) is 6.61 Å². The summed E-state index contributed by atoms with van der Waals surface area (Å²) in [7, 11) is 0. The molecule has 0 bridgehead atoms. The number of anilines is 1. The number of halogens is 1. The minimum atomic E-state index is -0.570. The van der Waals surface area contributed by atoms with Crippen LogP contribution in [0.1, 0.15) is 10.4 Å². The molecule has 0 spiro atoms. The summed E-state index contributed by atoms with van der Waals surface area (Å²) in [4.78, 5) is 22.8. The molecule has 0 aliphatic heterocycles. The first-order valence-corrected chi connectivity index (χ1v) is 6.92. The van der Waals surface area contributed by atoms with E-state index in [1.54, 1.807) is 36.4 Å². The number of carbonyl (C=O) groups is 2. The molecule has 0 radical (unpaired) electrons. The van der Waals surface area contributed by atoms with Gasteiger partial charge in [-0.25, -0.2) is 0 Å². The van der Waals surface area contributed by atoms with Crippen LogP contribution in [0.2, 0.25) is 0 Å². The maximum Gasteiger partial charge on any atom is 0.255 e. The molecule has 0 unspecified atom stereocenters. The van der Waals surface area contributed by atoms with Crippen molar-refractivity contribution in [2.45, 2.75) is 0 Å². The van der Waals surface area contributed by atoms with Gasteiger partial charge in [-0.1, -0.05) is 28.1 Å². The number of nitrogens with two attached hydrogens (primary N) is 1. The quantitative estimate of drug-likeness (QED) is 0.871. The smallest absolute Gasteiger partial charge is 0.255 e. The molecule has 2 rings (SSSR count). The van der Waals surface area contributed by atoms with Crippen molar-refractivity contribution in [1.29, 1.82) is 0 Å². The van der Waals surface area contributed by atoms with E-state index in [4.69, 9.17) is 10.5 Å². The van der Waals surface area contributed by atoms with Gasteiger partial charge in [0.1, 0.15) is 5.75 Å². The summed E-state index contributed by atoms with van der Waals surface area (Å²) in [6.45, 7) is -0.225. The summed E-state index contributed by atoms with van der Waals surface area (Å²) in [6, 6.07) is 13.8. The van der Waals surface area contributed by atoms with Crippen LogP contribution in [0.4, 0.5) is 5.69 Å². The fourth-order valence-electron chi connectivity index (χ4n) is 1.65. The summed E-state index contributed by atoms with van der Waals surface area (Å²) >= 11 is 3.34. The Morgan fingerprint density at radius 3 is 2.62 bits per heavy atom. The first-order valence-electron chi connectivity index (χ1n) is 6.12. The lowest BCUT2D eigenvalue weighted by Crippen LogP contribution is -2.20. The summed E-state index contributed by atoms with van der Waals surface area (Å²) in [5.41, 5.74) is 6.11. The number of primary amides is 1. The van der Waals surface area contributed by atoms with Crippen LogP contribution in [0, 0.1) is 0 Å². The van der Waals surface area contributed by atoms with E-state index in [2.05, 4.69) is 21.2 Å². The Kier molecular flexibility index (Phi) is 4.94. The number of nitrogens with one attached hydrogen (secondary N) is 1. The van der Waals surface area contributed by atoms with Crippen LogP contribution in [0.25, 0.3) is 0 Å². The van der Waals surface area contributed by atoms with Gasteiger partial charge in [0.05, 0.1) is 0 Å². The molecular formula is C15H13BrN2O3. The molecule has 0 heterocycles. The average molecular weight is 349 g/mol. The number of benzene rings is 2. The summed E-state index contributed by atoms with van der Waals surface area (Å²) in [5, 5.41) is 2.78. The molecule has 0 fully saturated rings. The molecule has 21 heavy (non-hydrogen) atoms. The molecule has 2 amide bonds. The summed E-state index contributed by atoms with van der Waals surface area (Å²) in [5.74, 6) is -0.424. The zero-order valence-electron chi connectivity index (χ0n) is 11.0. The van der Waals surface area contributed by atoms with Crippen LogP contribution in [-0.2, 0) is 4.79 Å². The van der Waals surface area contributed by atoms with Crippen LogP contribution in [0.15, 0.2) is 53.0 Å². The minimum Gasteiger partial charge on any atom is -0.484 e. The highest BCUT2D eigenvalue weighted by Crippen LogP contribution is 2.18. The van der Waals surface area contributed by atoms with Crippen molar-refractivity contribution < 1.29 is 14.3 Å². The van der Waals surface area contributed by atoms with Gasteiger partial charge in [-0.15, -0.1) is 0 Å². The highest BCUT2D eigenvalue weighted by Gasteiger charge is 2.08. The van der Waals surface area contributed by atoms with Gasteiger partial charge in [-0.2, -0.15) is 0 Å². The summed E-state index contributed by atoms with van der Waals surface area (Å²) < 4.78 is 6.04. The average Bonchev–Trinajstić information content (AvgIpc) is 2.45. The standard InChI is InChI=1S/C15H13BrN2O3/c16-11-4-2-5-12(8-11)18-15(20)10-3-1-6-13(7-10)21-9-14(17)19/h1-8H,9H2,(H2,17,19)(H,18,20). The van der Waals surface area contributed by atoms with Gasteiger partial charge in [0.2, 0.25) is 0 Å². The third-order valence-corrected chi connectivity index (χ3v) is 3.05. The maximum atomic E-state index is 12.1. The molecule has 0 aliphatic carbocycles. The fourth-order valence-corrected chi connectivity index (χ4v) is 2.05. The van der Waals surface area contributed by atoms with E-state index < -0.39 is 5.91 Å². The molecule has 6 heteroatoms. The molecule has 0 saturated heterocycles. The van der Waals surface area contributed by atoms with E-state index in [0.717, 1.165) is 4.47 Å². The monoisotopic (exact) mass is 348 g/mol. The lowest BCUT2D eigenvalue weighted by molar-refractivity contribution is -0.119. The third kappa shape index (κ3) is 4.61. The molecule has 2 aromatic rings. The third-order valence-electron chi connectivity index (χ3n) is 2.56. The Bertz CT molecular complexity index is 673. The van der Waals surface area contributed by atoms with Crippen molar-refractivity contribution in [3.05, 3.63) is 58.6 Å². The largest absolute Gasteiger partial charge is 0.484 e. The van der Waals surface area contributed by atoms with Crippen LogP contribution in [0.5, 0.6) is 5.75 Å². The highest BCUT2D eigenvalue weighted by molar-refractivity contribution is 9.10. The number of carbonyl (C=O) groups excluding carboxylic acids is 2. The SMILES string of the molecule is NC(=O)COc1cccc(C(=O)Nc2cccc(Br)c2)c1. The summed E-state index contributed by atoms with van der Waals surface area (Å²) in [6.07, 6.45) is 0. The van der Waals surface area contributed by atoms with Crippen molar-refractivity contribution >= 4 is 33.4 Å². The van der Waals surface area contributed by atoms with Gasteiger partial charge in [0, 0.05) is 15.7 Å². The lowest BCUT2D eigenvalue weighted by atomic mass is 10.2. The van der Waals surface area contributed by atoms with Crippen molar-refractivity contribution in [2.75, 3.05) is 11.9 Å². The first-order chi connectivity index (χ1) is 10.0. The molecule has 0 atom stereocenters. The number of hydrogen-bond donors (Lipinski definition) is 2. The van der Waals surface area contributed by atoms with Gasteiger partial charge in [-0.3, -0.25) is 9.59 Å². The van der Waals surface area contributed by atoms with Crippen LogP contribution in [0.3, 0.4) is 0 Å². The van der Waals surface area contributed by atoms with Crippen molar-refractivity contribution in [3.8, 4) is 5.75 Å². The molecule has 5 nitrogen and oxygen atoms in total. The molecule has 0 saturated carbocycles. The number of ether oxygens (including phenoxy) is 1. The number of hydrogen-bond acceptors (Lipinski definition) is 3. The highest BCUT2D eigenvalue weighted by atomic mass is 79.9.